The summed E-state index contributed by atoms with van der Waals surface area (Å²) in [5, 5.41) is 0. The third-order valence-corrected chi connectivity index (χ3v) is 1.73. The Hall–Kier alpha value is -1.07. The maximum atomic E-state index is 5.05. The zero-order chi connectivity index (χ0) is 9.68. The molecule has 0 N–H and O–H groups in total. The molecule has 1 aromatic rings. The van der Waals surface area contributed by atoms with Crippen LogP contribution in [0.2, 0.25) is 0 Å². The number of ether oxygens (including phenoxy) is 3. The zero-order valence-electron chi connectivity index (χ0n) is 8.06. The Labute approximate surface area is 77.2 Å². The highest BCUT2D eigenvalue weighted by Crippen LogP contribution is 2.08. The summed E-state index contributed by atoms with van der Waals surface area (Å²) in [6, 6.07) is 0.555. The molecular formula is C8H14N2O3. The fraction of sp³-hybridized carbons (Fsp3) is 0.625. The first-order valence-corrected chi connectivity index (χ1v) is 3.92. The first-order chi connectivity index (χ1) is 6.31. The lowest BCUT2D eigenvalue weighted by Gasteiger charge is -2.14. The van der Waals surface area contributed by atoms with Gasteiger partial charge in [0.25, 0.3) is 6.01 Å². The van der Waals surface area contributed by atoms with Crippen LogP contribution in [0.15, 0.2) is 12.4 Å². The van der Waals surface area contributed by atoms with E-state index in [1.165, 1.54) is 0 Å². The van der Waals surface area contributed by atoms with Crippen molar-refractivity contribution >= 4 is 0 Å². The van der Waals surface area contributed by atoms with E-state index in [4.69, 9.17) is 14.2 Å². The Kier molecular flexibility index (Phi) is 3.72. The van der Waals surface area contributed by atoms with Gasteiger partial charge < -0.3 is 14.2 Å². The predicted octanol–water partition coefficient (Wildman–Crippen LogP) is 0.511. The van der Waals surface area contributed by atoms with Crippen molar-refractivity contribution in [2.24, 2.45) is 0 Å². The van der Waals surface area contributed by atoms with Crippen LogP contribution >= 0.6 is 0 Å². The van der Waals surface area contributed by atoms with Crippen LogP contribution in [0, 0.1) is 0 Å². The lowest BCUT2D eigenvalue weighted by atomic mass is 10.6. The molecular weight excluding hydrogens is 172 g/mol. The molecule has 0 radical (unpaired) electrons. The van der Waals surface area contributed by atoms with Gasteiger partial charge in [0.05, 0.1) is 13.7 Å². The number of aromatic nitrogens is 2. The Morgan fingerprint density at radius 3 is 2.62 bits per heavy atom. The van der Waals surface area contributed by atoms with Gasteiger partial charge in [0.1, 0.15) is 0 Å². The van der Waals surface area contributed by atoms with Crippen LogP contribution in [0.25, 0.3) is 0 Å². The number of imidazole rings is 1. The molecule has 5 nitrogen and oxygen atoms in total. The molecule has 0 aliphatic heterocycles. The lowest BCUT2D eigenvalue weighted by molar-refractivity contribution is -0.111. The minimum atomic E-state index is -0.275. The van der Waals surface area contributed by atoms with Gasteiger partial charge in [-0.25, -0.2) is 4.98 Å². The molecule has 0 fully saturated rings. The quantitative estimate of drug-likeness (QED) is 0.628. The molecule has 5 heteroatoms. The molecule has 0 saturated carbocycles. The number of hydrogen-bond donors (Lipinski definition) is 0. The Morgan fingerprint density at radius 2 is 2.08 bits per heavy atom. The average molecular weight is 186 g/mol. The molecule has 74 valence electrons. The van der Waals surface area contributed by atoms with Crippen LogP contribution < -0.4 is 4.74 Å². The topological polar surface area (TPSA) is 45.5 Å². The summed E-state index contributed by atoms with van der Waals surface area (Å²) < 4.78 is 16.9. The zero-order valence-corrected chi connectivity index (χ0v) is 8.06. The molecule has 1 aromatic heterocycles. The summed E-state index contributed by atoms with van der Waals surface area (Å²) in [6.07, 6.45) is 3.20. The fourth-order valence-corrected chi connectivity index (χ4v) is 1.03. The van der Waals surface area contributed by atoms with Crippen LogP contribution in [0.1, 0.15) is 0 Å². The van der Waals surface area contributed by atoms with Gasteiger partial charge in [-0.1, -0.05) is 0 Å². The van der Waals surface area contributed by atoms with E-state index in [1.54, 1.807) is 27.5 Å². The summed E-state index contributed by atoms with van der Waals surface area (Å²) >= 11 is 0. The van der Waals surface area contributed by atoms with E-state index in [0.717, 1.165) is 0 Å². The first kappa shape index (κ1) is 10.0. The highest BCUT2D eigenvalue weighted by atomic mass is 16.7. The number of nitrogens with zero attached hydrogens (tertiary/aromatic N) is 2. The van der Waals surface area contributed by atoms with E-state index < -0.39 is 0 Å². The molecule has 0 aliphatic carbocycles. The number of rotatable bonds is 5. The minimum absolute atomic E-state index is 0.275. The second-order valence-electron chi connectivity index (χ2n) is 2.47. The third kappa shape index (κ3) is 2.43. The van der Waals surface area contributed by atoms with E-state index in [1.807, 2.05) is 10.8 Å². The molecule has 0 atom stereocenters. The summed E-state index contributed by atoms with van der Waals surface area (Å²) in [6.45, 7) is 0.566. The fourth-order valence-electron chi connectivity index (χ4n) is 1.03. The third-order valence-electron chi connectivity index (χ3n) is 1.73. The van der Waals surface area contributed by atoms with Crippen molar-refractivity contribution in [3.8, 4) is 6.01 Å². The van der Waals surface area contributed by atoms with Crippen molar-refractivity contribution in [1.82, 2.24) is 9.55 Å². The Balaban J connectivity index is 2.61. The molecule has 0 unspecified atom stereocenters. The SMILES string of the molecule is COc1nccn1CC(OC)OC. The van der Waals surface area contributed by atoms with E-state index >= 15 is 0 Å². The van der Waals surface area contributed by atoms with Crippen molar-refractivity contribution in [3.63, 3.8) is 0 Å². The van der Waals surface area contributed by atoms with Crippen LogP contribution in [0.3, 0.4) is 0 Å². The largest absolute Gasteiger partial charge is 0.468 e. The van der Waals surface area contributed by atoms with Crippen molar-refractivity contribution in [3.05, 3.63) is 12.4 Å². The highest BCUT2D eigenvalue weighted by Gasteiger charge is 2.09. The monoisotopic (exact) mass is 186 g/mol. The summed E-state index contributed by atoms with van der Waals surface area (Å²) in [7, 11) is 4.77. The number of hydrogen-bond acceptors (Lipinski definition) is 4. The van der Waals surface area contributed by atoms with Gasteiger partial charge in [0.15, 0.2) is 6.29 Å². The van der Waals surface area contributed by atoms with Gasteiger partial charge in [-0.15, -0.1) is 0 Å². The first-order valence-electron chi connectivity index (χ1n) is 3.92. The van der Waals surface area contributed by atoms with Gasteiger partial charge in [0, 0.05) is 26.6 Å². The molecule has 0 saturated heterocycles. The van der Waals surface area contributed by atoms with Gasteiger partial charge in [-0.05, 0) is 0 Å². The smallest absolute Gasteiger partial charge is 0.296 e. The maximum Gasteiger partial charge on any atom is 0.296 e. The van der Waals surface area contributed by atoms with Gasteiger partial charge in [-0.3, -0.25) is 4.57 Å². The summed E-state index contributed by atoms with van der Waals surface area (Å²) in [5.74, 6) is 0. The van der Waals surface area contributed by atoms with Crippen LogP contribution in [0.5, 0.6) is 6.01 Å². The van der Waals surface area contributed by atoms with Crippen molar-refractivity contribution in [2.45, 2.75) is 12.8 Å². The molecule has 13 heavy (non-hydrogen) atoms. The van der Waals surface area contributed by atoms with Crippen molar-refractivity contribution in [1.29, 1.82) is 0 Å². The normalized spacial score (nSPS) is 10.8. The summed E-state index contributed by atoms with van der Waals surface area (Å²) in [4.78, 5) is 3.99. The van der Waals surface area contributed by atoms with E-state index in [-0.39, 0.29) is 6.29 Å². The van der Waals surface area contributed by atoms with Crippen LogP contribution in [0.4, 0.5) is 0 Å². The molecule has 0 bridgehead atoms. The van der Waals surface area contributed by atoms with Crippen LogP contribution in [-0.4, -0.2) is 37.2 Å². The molecule has 0 amide bonds. The average Bonchev–Trinajstić information content (AvgIpc) is 2.61. The minimum Gasteiger partial charge on any atom is -0.468 e. The Morgan fingerprint density at radius 1 is 1.38 bits per heavy atom. The van der Waals surface area contributed by atoms with E-state index in [2.05, 4.69) is 4.98 Å². The van der Waals surface area contributed by atoms with Gasteiger partial charge in [-0.2, -0.15) is 0 Å². The second kappa shape index (κ2) is 4.84. The van der Waals surface area contributed by atoms with Gasteiger partial charge in [0.2, 0.25) is 0 Å². The Bertz CT molecular complexity index is 245. The van der Waals surface area contributed by atoms with Gasteiger partial charge >= 0.3 is 0 Å². The molecule has 0 spiro atoms. The second-order valence-corrected chi connectivity index (χ2v) is 2.47. The van der Waals surface area contributed by atoms with E-state index in [9.17, 15) is 0 Å². The lowest BCUT2D eigenvalue weighted by Crippen LogP contribution is -2.20. The maximum absolute atomic E-state index is 5.05. The predicted molar refractivity (Wildman–Crippen MR) is 46.6 cm³/mol. The highest BCUT2D eigenvalue weighted by molar-refractivity contribution is 4.97. The van der Waals surface area contributed by atoms with E-state index in [0.29, 0.717) is 12.6 Å². The molecule has 0 aliphatic rings. The molecule has 1 heterocycles. The summed E-state index contributed by atoms with van der Waals surface area (Å²) in [5.41, 5.74) is 0. The standard InChI is InChI=1S/C8H14N2O3/c1-11-7(12-2)6-10-5-4-9-8(10)13-3/h4-5,7H,6H2,1-3H3. The van der Waals surface area contributed by atoms with Crippen molar-refractivity contribution in [2.75, 3.05) is 21.3 Å². The molecule has 1 rings (SSSR count). The van der Waals surface area contributed by atoms with Crippen LogP contribution in [-0.2, 0) is 16.0 Å². The molecule has 0 aromatic carbocycles. The number of methoxy groups -OCH3 is 3. The van der Waals surface area contributed by atoms with Crippen molar-refractivity contribution < 1.29 is 14.2 Å².